The van der Waals surface area contributed by atoms with Crippen LogP contribution in [0.5, 0.6) is 11.5 Å². The van der Waals surface area contributed by atoms with E-state index in [2.05, 4.69) is 58.8 Å². The molecule has 0 saturated carbocycles. The standard InChI is InChI=1S/2C22H26FN3O2/c1-3-26(4-2)12-5-13-28-18-9-7-17(8-10-18)24-15-20-19-14-16(23)6-11-21(19)25-22(20)27;1-3-26(4-2)12-5-13-28-18-9-7-17(8-10-18)24-15-20-19-11-6-16(23)14-21(19)25-22(20)27/h2*6-11,14-15,24H,3-5,12-13H2,1-2H3,(H,25,27). The van der Waals surface area contributed by atoms with Gasteiger partial charge in [0.2, 0.25) is 0 Å². The van der Waals surface area contributed by atoms with Gasteiger partial charge < -0.3 is 40.5 Å². The fourth-order valence-electron chi connectivity index (χ4n) is 6.26. The molecule has 10 nitrogen and oxygen atoms in total. The van der Waals surface area contributed by atoms with E-state index in [1.54, 1.807) is 24.5 Å². The lowest BCUT2D eigenvalue weighted by Crippen LogP contribution is -2.25. The molecule has 0 radical (unpaired) electrons. The molecule has 12 heteroatoms. The number of fused-ring (bicyclic) bond motifs is 2. The van der Waals surface area contributed by atoms with Gasteiger partial charge in [-0.2, -0.15) is 0 Å². The summed E-state index contributed by atoms with van der Waals surface area (Å²) in [6.07, 6.45) is 5.21. The van der Waals surface area contributed by atoms with Gasteiger partial charge >= 0.3 is 0 Å². The summed E-state index contributed by atoms with van der Waals surface area (Å²) in [6.45, 7) is 16.3. The highest BCUT2D eigenvalue weighted by Crippen LogP contribution is 2.33. The Bertz CT molecular complexity index is 1970. The minimum atomic E-state index is -0.374. The maximum absolute atomic E-state index is 13.5. The van der Waals surface area contributed by atoms with Crippen molar-refractivity contribution in [3.05, 3.63) is 120 Å². The van der Waals surface area contributed by atoms with Crippen molar-refractivity contribution >= 4 is 45.7 Å². The quantitative estimate of drug-likeness (QED) is 0.0589. The molecule has 0 fully saturated rings. The molecule has 6 rings (SSSR count). The van der Waals surface area contributed by atoms with Gasteiger partial charge in [0.25, 0.3) is 11.8 Å². The van der Waals surface area contributed by atoms with Crippen LogP contribution in [-0.4, -0.2) is 74.1 Å². The van der Waals surface area contributed by atoms with Crippen LogP contribution in [0.1, 0.15) is 51.7 Å². The van der Waals surface area contributed by atoms with Gasteiger partial charge in [0.05, 0.1) is 30.0 Å². The summed E-state index contributed by atoms with van der Waals surface area (Å²) in [5.74, 6) is 0.382. The van der Waals surface area contributed by atoms with Crippen molar-refractivity contribution in [1.29, 1.82) is 0 Å². The minimum Gasteiger partial charge on any atom is -0.494 e. The zero-order valence-corrected chi connectivity index (χ0v) is 32.6. The van der Waals surface area contributed by atoms with Crippen molar-refractivity contribution in [3.63, 3.8) is 0 Å². The molecule has 56 heavy (non-hydrogen) atoms. The Morgan fingerprint density at radius 3 is 1.52 bits per heavy atom. The van der Waals surface area contributed by atoms with E-state index in [1.807, 2.05) is 48.5 Å². The van der Waals surface area contributed by atoms with Crippen molar-refractivity contribution in [2.75, 3.05) is 73.7 Å². The number of carbonyl (C=O) groups is 2. The topological polar surface area (TPSA) is 107 Å². The Kier molecular flexibility index (Phi) is 15.4. The van der Waals surface area contributed by atoms with Gasteiger partial charge in [-0.3, -0.25) is 9.59 Å². The second kappa shape index (κ2) is 20.8. The van der Waals surface area contributed by atoms with Crippen LogP contribution in [0.4, 0.5) is 31.5 Å². The predicted molar refractivity (Wildman–Crippen MR) is 222 cm³/mol. The van der Waals surface area contributed by atoms with Crippen molar-refractivity contribution in [2.24, 2.45) is 0 Å². The SMILES string of the molecule is CCN(CC)CCCOc1ccc(NC=C2C(=O)Nc3cc(F)ccc32)cc1.CCN(CC)CCCOc1ccc(NC=C2C(=O)Nc3ccc(F)cc32)cc1. The van der Waals surface area contributed by atoms with Crippen molar-refractivity contribution in [1.82, 2.24) is 9.80 Å². The van der Waals surface area contributed by atoms with Gasteiger partial charge in [-0.25, -0.2) is 8.78 Å². The van der Waals surface area contributed by atoms with E-state index in [0.717, 1.165) is 75.0 Å². The molecule has 4 aromatic carbocycles. The normalized spacial score (nSPS) is 14.3. The highest BCUT2D eigenvalue weighted by atomic mass is 19.1. The summed E-state index contributed by atoms with van der Waals surface area (Å²) in [7, 11) is 0. The summed E-state index contributed by atoms with van der Waals surface area (Å²) >= 11 is 0. The third-order valence-electron chi connectivity index (χ3n) is 9.57. The Hall–Kier alpha value is -5.72. The summed E-state index contributed by atoms with van der Waals surface area (Å²) in [5.41, 5.74) is 4.90. The van der Waals surface area contributed by atoms with Crippen LogP contribution < -0.4 is 30.7 Å². The molecule has 0 spiro atoms. The summed E-state index contributed by atoms with van der Waals surface area (Å²) in [6, 6.07) is 23.7. The van der Waals surface area contributed by atoms with Gasteiger partial charge in [0.1, 0.15) is 23.1 Å². The molecule has 2 heterocycles. The van der Waals surface area contributed by atoms with Gasteiger partial charge in [-0.1, -0.05) is 27.7 Å². The van der Waals surface area contributed by atoms with E-state index in [4.69, 9.17) is 9.47 Å². The Labute approximate surface area is 328 Å². The molecular formula is C44H52F2N6O4. The fourth-order valence-corrected chi connectivity index (χ4v) is 6.26. The lowest BCUT2D eigenvalue weighted by atomic mass is 10.1. The zero-order valence-electron chi connectivity index (χ0n) is 32.6. The second-order valence-corrected chi connectivity index (χ2v) is 13.2. The third-order valence-corrected chi connectivity index (χ3v) is 9.57. The van der Waals surface area contributed by atoms with Gasteiger partial charge in [0.15, 0.2) is 0 Å². The van der Waals surface area contributed by atoms with Gasteiger partial charge in [0, 0.05) is 53.7 Å². The number of carbonyl (C=O) groups excluding carboxylic acids is 2. The summed E-state index contributed by atoms with van der Waals surface area (Å²) in [5, 5.41) is 11.6. The first-order chi connectivity index (χ1) is 27.2. The minimum absolute atomic E-state index is 0.249. The van der Waals surface area contributed by atoms with E-state index in [9.17, 15) is 18.4 Å². The Morgan fingerprint density at radius 1 is 0.571 bits per heavy atom. The monoisotopic (exact) mass is 766 g/mol. The average molecular weight is 767 g/mol. The van der Waals surface area contributed by atoms with Crippen LogP contribution in [0.15, 0.2) is 97.3 Å². The van der Waals surface area contributed by atoms with Crippen LogP contribution >= 0.6 is 0 Å². The number of anilines is 4. The largest absolute Gasteiger partial charge is 0.494 e. The molecule has 0 aromatic heterocycles. The molecule has 296 valence electrons. The van der Waals surface area contributed by atoms with Crippen molar-refractivity contribution in [2.45, 2.75) is 40.5 Å². The predicted octanol–water partition coefficient (Wildman–Crippen LogP) is 8.68. The Morgan fingerprint density at radius 2 is 1.02 bits per heavy atom. The van der Waals surface area contributed by atoms with E-state index < -0.39 is 0 Å². The maximum Gasteiger partial charge on any atom is 0.257 e. The number of rotatable bonds is 18. The average Bonchev–Trinajstić information content (AvgIpc) is 3.70. The molecule has 4 aromatic rings. The molecular weight excluding hydrogens is 715 g/mol. The number of nitrogens with one attached hydrogen (secondary N) is 4. The van der Waals surface area contributed by atoms with Crippen LogP contribution in [0.3, 0.4) is 0 Å². The number of benzene rings is 4. The van der Waals surface area contributed by atoms with Gasteiger partial charge in [-0.15, -0.1) is 0 Å². The van der Waals surface area contributed by atoms with E-state index in [0.29, 0.717) is 46.9 Å². The molecule has 0 atom stereocenters. The highest BCUT2D eigenvalue weighted by Gasteiger charge is 2.25. The van der Waals surface area contributed by atoms with E-state index in [-0.39, 0.29) is 23.4 Å². The maximum atomic E-state index is 13.5. The third kappa shape index (κ3) is 11.6. The molecule has 2 amide bonds. The number of nitrogens with zero attached hydrogens (tertiary/aromatic N) is 2. The first-order valence-corrected chi connectivity index (χ1v) is 19.3. The van der Waals surface area contributed by atoms with Crippen molar-refractivity contribution in [3.8, 4) is 11.5 Å². The molecule has 4 N–H and O–H groups in total. The highest BCUT2D eigenvalue weighted by molar-refractivity contribution is 6.32. The first kappa shape index (κ1) is 41.4. The Balaban J connectivity index is 0.000000214. The van der Waals surface area contributed by atoms with Crippen molar-refractivity contribution < 1.29 is 27.8 Å². The van der Waals surface area contributed by atoms with Crippen LogP contribution in [0.25, 0.3) is 11.1 Å². The fraction of sp³-hybridized carbons (Fsp3) is 0.318. The molecule has 2 aliphatic rings. The number of hydrogen-bond donors (Lipinski definition) is 4. The van der Waals surface area contributed by atoms with E-state index >= 15 is 0 Å². The van der Waals surface area contributed by atoms with Crippen LogP contribution in [-0.2, 0) is 9.59 Å². The van der Waals surface area contributed by atoms with Gasteiger partial charge in [-0.05, 0) is 124 Å². The summed E-state index contributed by atoms with van der Waals surface area (Å²) in [4.78, 5) is 28.9. The first-order valence-electron chi connectivity index (χ1n) is 19.3. The number of ether oxygens (including phenoxy) is 2. The number of amides is 2. The van der Waals surface area contributed by atoms with Crippen LogP contribution in [0.2, 0.25) is 0 Å². The smallest absolute Gasteiger partial charge is 0.257 e. The van der Waals surface area contributed by atoms with Crippen LogP contribution in [0, 0.1) is 11.6 Å². The number of halogens is 2. The summed E-state index contributed by atoms with van der Waals surface area (Å²) < 4.78 is 38.3. The molecule has 2 aliphatic heterocycles. The second-order valence-electron chi connectivity index (χ2n) is 13.2. The lowest BCUT2D eigenvalue weighted by molar-refractivity contribution is -0.111. The molecule has 0 bridgehead atoms. The van der Waals surface area contributed by atoms with E-state index in [1.165, 1.54) is 24.3 Å². The lowest BCUT2D eigenvalue weighted by Gasteiger charge is -2.17. The molecule has 0 saturated heterocycles. The number of hydrogen-bond acceptors (Lipinski definition) is 8. The molecule has 0 unspecified atom stereocenters. The zero-order chi connectivity index (χ0) is 39.9. The molecule has 0 aliphatic carbocycles.